The first-order chi connectivity index (χ1) is 22.6. The van der Waals surface area contributed by atoms with Crippen molar-refractivity contribution in [3.8, 4) is 17.1 Å². The van der Waals surface area contributed by atoms with Crippen LogP contribution < -0.4 is 4.74 Å². The van der Waals surface area contributed by atoms with Gasteiger partial charge in [-0.2, -0.15) is 5.10 Å². The van der Waals surface area contributed by atoms with Crippen LogP contribution in [-0.2, 0) is 39.1 Å². The normalized spacial score (nSPS) is 13.1. The first-order valence-electron chi connectivity index (χ1n) is 16.5. The molecule has 3 aromatic carbocycles. The van der Waals surface area contributed by atoms with Crippen molar-refractivity contribution < 1.29 is 26.7 Å². The number of unbranched alkanes of at least 4 members (excludes halogenated alkanes) is 1. The number of hydrogen-bond donors (Lipinski definition) is 0. The molecule has 0 amide bonds. The van der Waals surface area contributed by atoms with E-state index in [0.717, 1.165) is 29.5 Å². The average molecular weight is 696 g/mol. The lowest BCUT2D eigenvalue weighted by molar-refractivity contribution is 0.0721. The summed E-state index contributed by atoms with van der Waals surface area (Å²) < 4.78 is 58.8. The minimum Gasteiger partial charge on any atom is -0.489 e. The van der Waals surface area contributed by atoms with E-state index >= 15 is 4.39 Å². The third-order valence-electron chi connectivity index (χ3n) is 8.77. The Bertz CT molecular complexity index is 1740. The maximum atomic E-state index is 15.2. The highest BCUT2D eigenvalue weighted by Gasteiger charge is 2.36. The van der Waals surface area contributed by atoms with Crippen molar-refractivity contribution >= 4 is 18.2 Å². The van der Waals surface area contributed by atoms with Crippen LogP contribution in [0.15, 0.2) is 72.8 Å². The Kier molecular flexibility index (Phi) is 12.7. The molecule has 260 valence electrons. The Morgan fingerprint density at radius 2 is 1.65 bits per heavy atom. The molecule has 0 radical (unpaired) electrons. The van der Waals surface area contributed by atoms with Crippen LogP contribution in [0.5, 0.6) is 5.75 Å². The summed E-state index contributed by atoms with van der Waals surface area (Å²) in [6.45, 7) is 12.6. The molecule has 0 aliphatic carbocycles. The second kappa shape index (κ2) is 16.3. The Morgan fingerprint density at radius 3 is 2.35 bits per heavy atom. The van der Waals surface area contributed by atoms with E-state index in [4.69, 9.17) is 18.9 Å². The molecule has 8 nitrogen and oxygen atoms in total. The van der Waals surface area contributed by atoms with Crippen molar-refractivity contribution in [2.45, 2.75) is 77.3 Å². The highest BCUT2D eigenvalue weighted by molar-refractivity contribution is 7.90. The molecule has 0 aliphatic heterocycles. The number of rotatable bonds is 17. The fourth-order valence-corrected chi connectivity index (χ4v) is 6.79. The molecule has 0 bridgehead atoms. The molecule has 1 unspecified atom stereocenters. The minimum atomic E-state index is -3.06. The lowest BCUT2D eigenvalue weighted by atomic mass is 10.0. The van der Waals surface area contributed by atoms with Crippen LogP contribution in [0.1, 0.15) is 68.7 Å². The molecule has 0 N–H and O–H groups in total. The summed E-state index contributed by atoms with van der Waals surface area (Å²) in [5.74, 6) is 0.913. The van der Waals surface area contributed by atoms with Crippen LogP contribution in [0, 0.1) is 5.82 Å². The molecule has 1 heterocycles. The number of halogens is 1. The van der Waals surface area contributed by atoms with Gasteiger partial charge in [-0.1, -0.05) is 75.4 Å². The quantitative estimate of drug-likeness (QED) is 0.0815. The molecular weight excluding hydrogens is 646 g/mol. The molecule has 1 atom stereocenters. The van der Waals surface area contributed by atoms with Gasteiger partial charge in [0.1, 0.15) is 34.1 Å². The summed E-state index contributed by atoms with van der Waals surface area (Å²) in [6.07, 6.45) is 3.38. The molecule has 1 aromatic heterocycles. The summed E-state index contributed by atoms with van der Waals surface area (Å²) in [5.41, 5.74) is 3.29. The first kappa shape index (κ1) is 37.4. The summed E-state index contributed by atoms with van der Waals surface area (Å²) in [4.78, 5) is 4.79. The molecule has 0 saturated heterocycles. The first-order valence-corrected chi connectivity index (χ1v) is 21.5. The Hall–Kier alpha value is -3.38. The van der Waals surface area contributed by atoms with Crippen LogP contribution in [0.3, 0.4) is 0 Å². The number of sulfone groups is 1. The van der Waals surface area contributed by atoms with Crippen LogP contribution in [0.2, 0.25) is 18.1 Å². The molecule has 4 aromatic rings. The maximum Gasteiger partial charge on any atom is 0.191 e. The third-order valence-corrected chi connectivity index (χ3v) is 14.3. The van der Waals surface area contributed by atoms with Gasteiger partial charge in [-0.05, 0) is 78.7 Å². The number of nitrogens with zero attached hydrogens (tertiary/aromatic N) is 3. The largest absolute Gasteiger partial charge is 0.489 e. The Morgan fingerprint density at radius 1 is 0.917 bits per heavy atom. The van der Waals surface area contributed by atoms with E-state index in [9.17, 15) is 8.42 Å². The summed E-state index contributed by atoms with van der Waals surface area (Å²) in [6, 6.07) is 22.6. The molecule has 11 heteroatoms. The highest BCUT2D eigenvalue weighted by Crippen LogP contribution is 2.36. The fourth-order valence-electron chi connectivity index (χ4n) is 4.98. The van der Waals surface area contributed by atoms with Crippen LogP contribution in [0.4, 0.5) is 4.39 Å². The Labute approximate surface area is 286 Å². The van der Waals surface area contributed by atoms with Crippen LogP contribution in [-0.4, -0.2) is 56.7 Å². The average Bonchev–Trinajstić information content (AvgIpc) is 3.40. The van der Waals surface area contributed by atoms with E-state index in [0.29, 0.717) is 50.1 Å². The molecule has 0 spiro atoms. The predicted molar refractivity (Wildman–Crippen MR) is 192 cm³/mol. The molecule has 4 rings (SSSR count). The number of ether oxygens (including phenoxy) is 2. The van der Waals surface area contributed by atoms with Gasteiger partial charge in [-0.3, -0.25) is 0 Å². The Balaban J connectivity index is 1.55. The summed E-state index contributed by atoms with van der Waals surface area (Å²) in [7, 11) is -3.15. The van der Waals surface area contributed by atoms with E-state index in [1.165, 1.54) is 12.3 Å². The van der Waals surface area contributed by atoms with Gasteiger partial charge in [0.2, 0.25) is 0 Å². The number of hydrogen-bond acceptors (Lipinski definition) is 7. The van der Waals surface area contributed by atoms with Crippen molar-refractivity contribution in [2.24, 2.45) is 7.05 Å². The molecular formula is C37H50FN3O5SSi. The van der Waals surface area contributed by atoms with Crippen molar-refractivity contribution in [3.63, 3.8) is 0 Å². The van der Waals surface area contributed by atoms with E-state index in [1.54, 1.807) is 23.9 Å². The van der Waals surface area contributed by atoms with Gasteiger partial charge in [0.15, 0.2) is 20.0 Å². The number of benzene rings is 3. The van der Waals surface area contributed by atoms with E-state index in [-0.39, 0.29) is 16.4 Å². The number of aryl methyl sites for hydroxylation is 2. The van der Waals surface area contributed by atoms with Crippen molar-refractivity contribution in [1.82, 2.24) is 14.8 Å². The van der Waals surface area contributed by atoms with Crippen molar-refractivity contribution in [2.75, 3.05) is 25.2 Å². The molecule has 0 aliphatic rings. The van der Waals surface area contributed by atoms with Gasteiger partial charge < -0.3 is 13.9 Å². The van der Waals surface area contributed by atoms with Crippen molar-refractivity contribution in [1.29, 1.82) is 0 Å². The van der Waals surface area contributed by atoms with Gasteiger partial charge in [-0.25, -0.2) is 22.5 Å². The minimum absolute atomic E-state index is 0.0986. The van der Waals surface area contributed by atoms with Crippen LogP contribution >= 0.6 is 0 Å². The standard InChI is InChI=1S/C37H50FN3O5SSi/c1-37(2,3)48(6,7)46-23-14-18-28-17-13-19-30(25-28)34(44-22-11-12-24-47(5,42)43)35-39-36(41(4)40-35)32-26-31(20-21-33(32)38)45-27-29-15-9-8-10-16-29/h8-10,13,15-17,19-21,25-26,34H,11-12,14,18,22-24,27H2,1-7H3. The zero-order valence-electron chi connectivity index (χ0n) is 29.3. The monoisotopic (exact) mass is 695 g/mol. The zero-order valence-corrected chi connectivity index (χ0v) is 31.1. The fraction of sp³-hybridized carbons (Fsp3) is 0.459. The molecule has 0 fully saturated rings. The topological polar surface area (TPSA) is 92.5 Å². The van der Waals surface area contributed by atoms with Gasteiger partial charge >= 0.3 is 0 Å². The smallest absolute Gasteiger partial charge is 0.191 e. The second-order valence-corrected chi connectivity index (χ2v) is 20.9. The third kappa shape index (κ3) is 10.8. The van der Waals surface area contributed by atoms with Gasteiger partial charge in [-0.15, -0.1) is 0 Å². The molecule has 0 saturated carbocycles. The maximum absolute atomic E-state index is 15.2. The number of aromatic nitrogens is 3. The van der Waals surface area contributed by atoms with E-state index in [1.807, 2.05) is 42.5 Å². The van der Waals surface area contributed by atoms with Crippen LogP contribution in [0.25, 0.3) is 11.4 Å². The van der Waals surface area contributed by atoms with Crippen molar-refractivity contribution in [3.05, 3.63) is 101 Å². The highest BCUT2D eigenvalue weighted by atomic mass is 32.2. The van der Waals surface area contributed by atoms with E-state index in [2.05, 4.69) is 51.1 Å². The van der Waals surface area contributed by atoms with E-state index < -0.39 is 30.1 Å². The SMILES string of the molecule is Cn1nc(C(OCCCCS(C)(=O)=O)c2cccc(CCCO[Si](C)(C)C(C)(C)C)c2)nc1-c1cc(OCc2ccccc2)ccc1F. The summed E-state index contributed by atoms with van der Waals surface area (Å²) >= 11 is 0. The zero-order chi connectivity index (χ0) is 35.0. The molecule has 48 heavy (non-hydrogen) atoms. The van der Waals surface area contributed by atoms with Gasteiger partial charge in [0, 0.05) is 32.3 Å². The van der Waals surface area contributed by atoms with Gasteiger partial charge in [0.25, 0.3) is 0 Å². The lowest BCUT2D eigenvalue weighted by Gasteiger charge is -2.36. The second-order valence-electron chi connectivity index (χ2n) is 13.9. The predicted octanol–water partition coefficient (Wildman–Crippen LogP) is 8.09. The van der Waals surface area contributed by atoms with Gasteiger partial charge in [0.05, 0.1) is 5.56 Å². The lowest BCUT2D eigenvalue weighted by Crippen LogP contribution is -2.41. The summed E-state index contributed by atoms with van der Waals surface area (Å²) in [5, 5.41) is 4.84.